The lowest BCUT2D eigenvalue weighted by molar-refractivity contribution is -0.384. The van der Waals surface area contributed by atoms with Crippen molar-refractivity contribution in [1.29, 1.82) is 0 Å². The Morgan fingerprint density at radius 3 is 2.62 bits per heavy atom. The molecule has 1 aromatic rings. The summed E-state index contributed by atoms with van der Waals surface area (Å²) < 4.78 is 0. The predicted octanol–water partition coefficient (Wildman–Crippen LogP) is 1.84. The van der Waals surface area contributed by atoms with Crippen molar-refractivity contribution in [1.82, 2.24) is 0 Å². The SMILES string of the molecule is [N-]=[N+]=NCC(=O)Nc1ccc([N+](=O)[O-])cc1. The molecule has 0 saturated heterocycles. The molecule has 0 spiro atoms. The summed E-state index contributed by atoms with van der Waals surface area (Å²) in [5, 5.41) is 15.8. The van der Waals surface area contributed by atoms with Gasteiger partial charge >= 0.3 is 0 Å². The Labute approximate surface area is 89.7 Å². The number of carbonyl (C=O) groups excluding carboxylic acids is 1. The summed E-state index contributed by atoms with van der Waals surface area (Å²) >= 11 is 0. The van der Waals surface area contributed by atoms with Gasteiger partial charge in [0.05, 0.1) is 4.92 Å². The van der Waals surface area contributed by atoms with Gasteiger partial charge in [-0.3, -0.25) is 14.9 Å². The molecule has 0 heterocycles. The number of nitro benzene ring substituents is 1. The van der Waals surface area contributed by atoms with Crippen molar-refractivity contribution < 1.29 is 9.72 Å². The number of carbonyl (C=O) groups is 1. The van der Waals surface area contributed by atoms with E-state index in [0.717, 1.165) is 0 Å². The Bertz CT molecular complexity index is 449. The van der Waals surface area contributed by atoms with Gasteiger partial charge < -0.3 is 5.32 Å². The van der Waals surface area contributed by atoms with Crippen LogP contribution in [0, 0.1) is 10.1 Å². The van der Waals surface area contributed by atoms with Crippen LogP contribution in [0.15, 0.2) is 29.4 Å². The van der Waals surface area contributed by atoms with Crippen LogP contribution in [0.2, 0.25) is 0 Å². The fraction of sp³-hybridized carbons (Fsp3) is 0.125. The van der Waals surface area contributed by atoms with Crippen molar-refractivity contribution in [3.05, 3.63) is 44.8 Å². The first kappa shape index (κ1) is 11.5. The van der Waals surface area contributed by atoms with Gasteiger partial charge in [0, 0.05) is 22.7 Å². The number of anilines is 1. The van der Waals surface area contributed by atoms with Gasteiger partial charge in [0.15, 0.2) is 0 Å². The molecule has 0 unspecified atom stereocenters. The normalized spacial score (nSPS) is 9.00. The second-order valence-electron chi connectivity index (χ2n) is 2.74. The number of nitro groups is 1. The maximum absolute atomic E-state index is 11.1. The van der Waals surface area contributed by atoms with Crippen LogP contribution in [-0.4, -0.2) is 17.4 Å². The van der Waals surface area contributed by atoms with E-state index < -0.39 is 10.8 Å². The molecule has 0 aromatic heterocycles. The molecule has 1 rings (SSSR count). The van der Waals surface area contributed by atoms with Crippen molar-refractivity contribution in [2.75, 3.05) is 11.9 Å². The molecule has 8 heteroatoms. The van der Waals surface area contributed by atoms with Crippen LogP contribution in [0.5, 0.6) is 0 Å². The van der Waals surface area contributed by atoms with E-state index in [-0.39, 0.29) is 12.2 Å². The highest BCUT2D eigenvalue weighted by Crippen LogP contribution is 2.15. The molecule has 0 saturated carbocycles. The van der Waals surface area contributed by atoms with Crippen LogP contribution in [-0.2, 0) is 4.79 Å². The largest absolute Gasteiger partial charge is 0.326 e. The molecule has 0 aliphatic rings. The zero-order valence-corrected chi connectivity index (χ0v) is 8.03. The molecular weight excluding hydrogens is 214 g/mol. The lowest BCUT2D eigenvalue weighted by Gasteiger charge is -2.01. The smallest absolute Gasteiger partial charge is 0.269 e. The Balaban J connectivity index is 2.65. The van der Waals surface area contributed by atoms with E-state index in [0.29, 0.717) is 5.69 Å². The number of non-ortho nitro benzene ring substituents is 1. The molecule has 82 valence electrons. The van der Waals surface area contributed by atoms with E-state index in [9.17, 15) is 14.9 Å². The van der Waals surface area contributed by atoms with E-state index in [2.05, 4.69) is 15.3 Å². The van der Waals surface area contributed by atoms with Crippen molar-refractivity contribution in [3.63, 3.8) is 0 Å². The lowest BCUT2D eigenvalue weighted by atomic mass is 10.3. The van der Waals surface area contributed by atoms with E-state index >= 15 is 0 Å². The molecule has 0 bridgehead atoms. The quantitative estimate of drug-likeness (QED) is 0.274. The van der Waals surface area contributed by atoms with E-state index in [1.165, 1.54) is 24.3 Å². The third-order valence-corrected chi connectivity index (χ3v) is 1.64. The summed E-state index contributed by atoms with van der Waals surface area (Å²) in [4.78, 5) is 23.3. The molecule has 0 fully saturated rings. The average Bonchev–Trinajstić information content (AvgIpc) is 2.27. The van der Waals surface area contributed by atoms with E-state index in [1.54, 1.807) is 0 Å². The third kappa shape index (κ3) is 3.28. The van der Waals surface area contributed by atoms with Crippen molar-refractivity contribution >= 4 is 17.3 Å². The Hall–Kier alpha value is -2.60. The third-order valence-electron chi connectivity index (χ3n) is 1.64. The first-order valence-corrected chi connectivity index (χ1v) is 4.18. The second kappa shape index (κ2) is 5.32. The highest BCUT2D eigenvalue weighted by molar-refractivity contribution is 5.92. The molecular formula is C8H7N5O3. The van der Waals surface area contributed by atoms with Gasteiger partial charge in [-0.25, -0.2) is 0 Å². The second-order valence-corrected chi connectivity index (χ2v) is 2.74. The molecule has 8 nitrogen and oxygen atoms in total. The van der Waals surface area contributed by atoms with Gasteiger partial charge in [-0.15, -0.1) is 0 Å². The highest BCUT2D eigenvalue weighted by atomic mass is 16.6. The Morgan fingerprint density at radius 1 is 1.50 bits per heavy atom. The number of nitrogens with one attached hydrogen (secondary N) is 1. The van der Waals surface area contributed by atoms with Gasteiger partial charge in [0.25, 0.3) is 5.69 Å². The molecule has 1 aromatic carbocycles. The molecule has 0 atom stereocenters. The van der Waals surface area contributed by atoms with Crippen LogP contribution >= 0.6 is 0 Å². The van der Waals surface area contributed by atoms with Crippen LogP contribution in [0.4, 0.5) is 11.4 Å². The van der Waals surface area contributed by atoms with Crippen molar-refractivity contribution in [3.8, 4) is 0 Å². The predicted molar refractivity (Wildman–Crippen MR) is 55.7 cm³/mol. The molecule has 0 aliphatic carbocycles. The first-order valence-electron chi connectivity index (χ1n) is 4.18. The summed E-state index contributed by atoms with van der Waals surface area (Å²) in [5.41, 5.74) is 8.33. The number of hydrogen-bond donors (Lipinski definition) is 1. The number of benzene rings is 1. The topological polar surface area (TPSA) is 121 Å². The Kier molecular flexibility index (Phi) is 3.82. The first-order chi connectivity index (χ1) is 7.63. The molecule has 0 radical (unpaired) electrons. The van der Waals surface area contributed by atoms with Crippen LogP contribution < -0.4 is 5.32 Å². The number of amides is 1. The summed E-state index contributed by atoms with van der Waals surface area (Å²) in [7, 11) is 0. The summed E-state index contributed by atoms with van der Waals surface area (Å²) in [5.74, 6) is -0.480. The lowest BCUT2D eigenvalue weighted by Crippen LogP contribution is -2.14. The number of nitrogens with zero attached hydrogens (tertiary/aromatic N) is 4. The van der Waals surface area contributed by atoms with Crippen molar-refractivity contribution in [2.24, 2.45) is 5.11 Å². The number of rotatable bonds is 4. The number of hydrogen-bond acceptors (Lipinski definition) is 4. The van der Waals surface area contributed by atoms with Gasteiger partial charge in [-0.05, 0) is 17.7 Å². The van der Waals surface area contributed by atoms with Gasteiger partial charge in [-0.2, -0.15) is 0 Å². The fourth-order valence-electron chi connectivity index (χ4n) is 0.963. The monoisotopic (exact) mass is 221 g/mol. The van der Waals surface area contributed by atoms with E-state index in [1.807, 2.05) is 0 Å². The maximum atomic E-state index is 11.1. The van der Waals surface area contributed by atoms with E-state index in [4.69, 9.17) is 5.53 Å². The minimum Gasteiger partial charge on any atom is -0.326 e. The zero-order chi connectivity index (χ0) is 12.0. The van der Waals surface area contributed by atoms with Crippen LogP contribution in [0.3, 0.4) is 0 Å². The molecule has 0 aliphatic heterocycles. The standard InChI is InChI=1S/C8H7N5O3/c9-12-10-5-8(14)11-6-1-3-7(4-2-6)13(15)16/h1-4H,5H2,(H,11,14). The highest BCUT2D eigenvalue weighted by Gasteiger charge is 2.05. The molecule has 1 N–H and O–H groups in total. The molecule has 16 heavy (non-hydrogen) atoms. The molecule has 1 amide bonds. The minimum atomic E-state index is -0.536. The minimum absolute atomic E-state index is 0.0620. The van der Waals surface area contributed by atoms with Gasteiger partial charge in [0.2, 0.25) is 5.91 Å². The van der Waals surface area contributed by atoms with Crippen molar-refractivity contribution in [2.45, 2.75) is 0 Å². The summed E-state index contributed by atoms with van der Waals surface area (Å²) in [6.07, 6.45) is 0. The Morgan fingerprint density at radius 2 is 2.12 bits per heavy atom. The van der Waals surface area contributed by atoms with Crippen LogP contribution in [0.25, 0.3) is 10.4 Å². The summed E-state index contributed by atoms with van der Waals surface area (Å²) in [6.45, 7) is -0.312. The van der Waals surface area contributed by atoms with Gasteiger partial charge in [0.1, 0.15) is 6.54 Å². The summed E-state index contributed by atoms with van der Waals surface area (Å²) in [6, 6.07) is 5.32. The maximum Gasteiger partial charge on any atom is 0.269 e. The number of azide groups is 1. The van der Waals surface area contributed by atoms with Crippen LogP contribution in [0.1, 0.15) is 0 Å². The zero-order valence-electron chi connectivity index (χ0n) is 8.03. The average molecular weight is 221 g/mol. The van der Waals surface area contributed by atoms with Gasteiger partial charge in [-0.1, -0.05) is 5.11 Å². The fourth-order valence-corrected chi connectivity index (χ4v) is 0.963.